The second kappa shape index (κ2) is 7.94. The van der Waals surface area contributed by atoms with Gasteiger partial charge in [0, 0.05) is 17.4 Å². The van der Waals surface area contributed by atoms with Crippen LogP contribution >= 0.6 is 0 Å². The van der Waals surface area contributed by atoms with E-state index in [2.05, 4.69) is 0 Å². The van der Waals surface area contributed by atoms with Crippen LogP contribution < -0.4 is 0 Å². The van der Waals surface area contributed by atoms with Gasteiger partial charge in [0.1, 0.15) is 5.69 Å². The Labute approximate surface area is 152 Å². The lowest BCUT2D eigenvalue weighted by atomic mass is 10.1. The van der Waals surface area contributed by atoms with Crippen LogP contribution in [0.25, 0.3) is 10.9 Å². The van der Waals surface area contributed by atoms with Crippen molar-refractivity contribution in [2.75, 3.05) is 0 Å². The van der Waals surface area contributed by atoms with Crippen LogP contribution in [0.3, 0.4) is 0 Å². The number of carbonyl (C=O) groups is 2. The predicted molar refractivity (Wildman–Crippen MR) is 92.9 cm³/mol. The van der Waals surface area contributed by atoms with E-state index in [1.807, 2.05) is 60.0 Å². The highest BCUT2D eigenvalue weighted by molar-refractivity contribution is 5.94. The first-order chi connectivity index (χ1) is 12.6. The van der Waals surface area contributed by atoms with Gasteiger partial charge < -0.3 is 14.8 Å². The maximum absolute atomic E-state index is 11.4. The van der Waals surface area contributed by atoms with Crippen LogP contribution in [-0.2, 0) is 11.3 Å². The minimum absolute atomic E-state index is 0.326. The number of fused-ring (bicyclic) bond motifs is 1. The number of aliphatic carboxylic acids is 1. The Kier molecular flexibility index (Phi) is 5.89. The molecule has 8 heteroatoms. The monoisotopic (exact) mass is 379 g/mol. The zero-order valence-electron chi connectivity index (χ0n) is 14.2. The Balaban J connectivity index is 0.000000321. The predicted octanol–water partition coefficient (Wildman–Crippen LogP) is 4.33. The van der Waals surface area contributed by atoms with Crippen LogP contribution in [0.5, 0.6) is 0 Å². The second-order valence-corrected chi connectivity index (χ2v) is 5.77. The van der Waals surface area contributed by atoms with E-state index >= 15 is 0 Å². The van der Waals surface area contributed by atoms with E-state index in [1.165, 1.54) is 5.56 Å². The molecule has 3 aromatic rings. The van der Waals surface area contributed by atoms with Gasteiger partial charge >= 0.3 is 18.1 Å². The molecule has 3 rings (SSSR count). The van der Waals surface area contributed by atoms with Gasteiger partial charge in [-0.25, -0.2) is 9.59 Å². The molecule has 0 bridgehead atoms. The smallest absolute Gasteiger partial charge is 0.477 e. The standard InChI is InChI=1S/C17H15NO2.C2HF3O2/c1-12-6-8-13(9-7-12)11-18-15-5-3-2-4-14(15)10-16(18)17(19)20;3-2(4,5)1(6)7/h2-10H,11H2,1H3,(H,19,20);(H,6,7). The molecular formula is C19H16F3NO4. The van der Waals surface area contributed by atoms with Crippen LogP contribution in [0, 0.1) is 6.92 Å². The van der Waals surface area contributed by atoms with E-state index in [-0.39, 0.29) is 0 Å². The van der Waals surface area contributed by atoms with Crippen molar-refractivity contribution in [2.45, 2.75) is 19.6 Å². The van der Waals surface area contributed by atoms with Crippen LogP contribution in [0.2, 0.25) is 0 Å². The van der Waals surface area contributed by atoms with E-state index in [0.717, 1.165) is 16.5 Å². The maximum Gasteiger partial charge on any atom is 0.490 e. The van der Waals surface area contributed by atoms with E-state index < -0.39 is 18.1 Å². The molecule has 142 valence electrons. The summed E-state index contributed by atoms with van der Waals surface area (Å²) in [6.45, 7) is 2.60. The number of carboxylic acids is 2. The van der Waals surface area contributed by atoms with Gasteiger partial charge in [0.25, 0.3) is 0 Å². The Bertz CT molecular complexity index is 959. The normalized spacial score (nSPS) is 11.0. The van der Waals surface area contributed by atoms with Gasteiger partial charge in [0.05, 0.1) is 0 Å². The van der Waals surface area contributed by atoms with E-state index in [4.69, 9.17) is 9.90 Å². The maximum atomic E-state index is 11.4. The number of alkyl halides is 3. The minimum Gasteiger partial charge on any atom is -0.477 e. The number of nitrogens with zero attached hydrogens (tertiary/aromatic N) is 1. The first-order valence-electron chi connectivity index (χ1n) is 7.77. The molecule has 0 spiro atoms. The summed E-state index contributed by atoms with van der Waals surface area (Å²) in [6, 6.07) is 17.6. The van der Waals surface area contributed by atoms with Gasteiger partial charge in [-0.1, -0.05) is 48.0 Å². The third-order valence-corrected chi connectivity index (χ3v) is 3.73. The molecule has 27 heavy (non-hydrogen) atoms. The van der Waals surface area contributed by atoms with Gasteiger partial charge in [-0.05, 0) is 24.6 Å². The Morgan fingerprint density at radius 3 is 2.07 bits per heavy atom. The van der Waals surface area contributed by atoms with Gasteiger partial charge in [0.15, 0.2) is 0 Å². The number of hydrogen-bond donors (Lipinski definition) is 2. The van der Waals surface area contributed by atoms with Crippen molar-refractivity contribution in [1.82, 2.24) is 4.57 Å². The summed E-state index contributed by atoms with van der Waals surface area (Å²) in [5, 5.41) is 17.4. The van der Waals surface area contributed by atoms with E-state index in [9.17, 15) is 23.1 Å². The number of rotatable bonds is 3. The highest BCUT2D eigenvalue weighted by atomic mass is 19.4. The first kappa shape index (κ1) is 20.0. The molecule has 0 aliphatic carbocycles. The zero-order chi connectivity index (χ0) is 20.2. The van der Waals surface area contributed by atoms with Crippen molar-refractivity contribution in [3.8, 4) is 0 Å². The van der Waals surface area contributed by atoms with E-state index in [0.29, 0.717) is 12.2 Å². The molecule has 2 N–H and O–H groups in total. The molecule has 1 heterocycles. The number of aryl methyl sites for hydroxylation is 1. The highest BCUT2D eigenvalue weighted by Crippen LogP contribution is 2.21. The molecule has 0 unspecified atom stereocenters. The third-order valence-electron chi connectivity index (χ3n) is 3.73. The van der Waals surface area contributed by atoms with Gasteiger partial charge in [-0.15, -0.1) is 0 Å². The van der Waals surface area contributed by atoms with Crippen molar-refractivity contribution in [3.05, 3.63) is 71.4 Å². The second-order valence-electron chi connectivity index (χ2n) is 5.77. The van der Waals surface area contributed by atoms with Crippen LogP contribution in [0.1, 0.15) is 21.6 Å². The summed E-state index contributed by atoms with van der Waals surface area (Å²) in [6.07, 6.45) is -5.08. The van der Waals surface area contributed by atoms with Crippen molar-refractivity contribution in [1.29, 1.82) is 0 Å². The molecule has 0 aliphatic heterocycles. The molecule has 1 aromatic heterocycles. The molecule has 0 saturated heterocycles. The molecular weight excluding hydrogens is 363 g/mol. The average Bonchev–Trinajstić information content (AvgIpc) is 2.96. The summed E-state index contributed by atoms with van der Waals surface area (Å²) in [7, 11) is 0. The average molecular weight is 379 g/mol. The largest absolute Gasteiger partial charge is 0.490 e. The summed E-state index contributed by atoms with van der Waals surface area (Å²) in [4.78, 5) is 20.3. The van der Waals surface area contributed by atoms with E-state index in [1.54, 1.807) is 6.07 Å². The zero-order valence-corrected chi connectivity index (χ0v) is 14.2. The topological polar surface area (TPSA) is 79.5 Å². The molecule has 5 nitrogen and oxygen atoms in total. The minimum atomic E-state index is -5.08. The highest BCUT2D eigenvalue weighted by Gasteiger charge is 2.38. The molecule has 0 radical (unpaired) electrons. The Morgan fingerprint density at radius 1 is 1.00 bits per heavy atom. The van der Waals surface area contributed by atoms with Gasteiger partial charge in [-0.3, -0.25) is 0 Å². The molecule has 0 atom stereocenters. The molecule has 0 saturated carbocycles. The molecule has 0 amide bonds. The number of aromatic carboxylic acids is 1. The Morgan fingerprint density at radius 2 is 1.56 bits per heavy atom. The van der Waals surface area contributed by atoms with Crippen LogP contribution in [0.15, 0.2) is 54.6 Å². The fourth-order valence-electron chi connectivity index (χ4n) is 2.43. The van der Waals surface area contributed by atoms with Crippen molar-refractivity contribution in [2.24, 2.45) is 0 Å². The number of aromatic nitrogens is 1. The quantitative estimate of drug-likeness (QED) is 0.710. The summed E-state index contributed by atoms with van der Waals surface area (Å²) in [5.41, 5.74) is 3.57. The molecule has 0 aliphatic rings. The fourth-order valence-corrected chi connectivity index (χ4v) is 2.43. The van der Waals surface area contributed by atoms with Crippen LogP contribution in [-0.4, -0.2) is 32.9 Å². The Hall–Kier alpha value is -3.29. The first-order valence-corrected chi connectivity index (χ1v) is 7.77. The van der Waals surface area contributed by atoms with Crippen molar-refractivity contribution in [3.63, 3.8) is 0 Å². The number of hydrogen-bond acceptors (Lipinski definition) is 2. The van der Waals surface area contributed by atoms with Gasteiger partial charge in [-0.2, -0.15) is 13.2 Å². The van der Waals surface area contributed by atoms with Gasteiger partial charge in [0.2, 0.25) is 0 Å². The van der Waals surface area contributed by atoms with Crippen molar-refractivity contribution < 1.29 is 33.0 Å². The lowest BCUT2D eigenvalue weighted by Crippen LogP contribution is -2.21. The third kappa shape index (κ3) is 5.10. The summed E-state index contributed by atoms with van der Waals surface area (Å²) >= 11 is 0. The van der Waals surface area contributed by atoms with Crippen molar-refractivity contribution >= 4 is 22.8 Å². The molecule has 2 aromatic carbocycles. The SMILES string of the molecule is Cc1ccc(Cn2c(C(=O)O)cc3ccccc32)cc1.O=C(O)C(F)(F)F. The number of para-hydroxylation sites is 1. The van der Waals surface area contributed by atoms with Crippen LogP contribution in [0.4, 0.5) is 13.2 Å². The number of carboxylic acid groups (broad SMARTS) is 2. The summed E-state index contributed by atoms with van der Waals surface area (Å²) in [5.74, 6) is -3.65. The molecule has 0 fully saturated rings. The lowest BCUT2D eigenvalue weighted by Gasteiger charge is -2.09. The summed E-state index contributed by atoms with van der Waals surface area (Å²) < 4.78 is 33.6. The fraction of sp³-hybridized carbons (Fsp3) is 0.158. The number of halogens is 3. The number of benzene rings is 2. The lowest BCUT2D eigenvalue weighted by molar-refractivity contribution is -0.192.